The van der Waals surface area contributed by atoms with E-state index in [1.165, 1.54) is 0 Å². The van der Waals surface area contributed by atoms with Crippen LogP contribution in [0.3, 0.4) is 0 Å². The highest BCUT2D eigenvalue weighted by molar-refractivity contribution is 7.13. The van der Waals surface area contributed by atoms with Crippen LogP contribution in [-0.4, -0.2) is 11.4 Å². The smallest absolute Gasteiger partial charge is 0.150 e. The Hall–Kier alpha value is -1.61. The summed E-state index contributed by atoms with van der Waals surface area (Å²) in [7, 11) is 0. The second-order valence-electron chi connectivity index (χ2n) is 5.77. The van der Waals surface area contributed by atoms with E-state index in [1.807, 2.05) is 39.1 Å². The molecule has 2 nitrogen and oxygen atoms in total. The molecule has 0 bridgehead atoms. The maximum absolute atomic E-state index is 11.1. The molecule has 0 spiro atoms. The first-order valence-electron chi connectivity index (χ1n) is 6.21. The fourth-order valence-electron chi connectivity index (χ4n) is 2.12. The Labute approximate surface area is 117 Å². The summed E-state index contributed by atoms with van der Waals surface area (Å²) >= 11 is 1.58. The maximum atomic E-state index is 11.1. The van der Waals surface area contributed by atoms with E-state index in [0.717, 1.165) is 27.9 Å². The third kappa shape index (κ3) is 2.56. The van der Waals surface area contributed by atoms with E-state index < -0.39 is 0 Å². The van der Waals surface area contributed by atoms with Crippen LogP contribution >= 0.6 is 11.3 Å². The molecule has 0 aliphatic heterocycles. The zero-order valence-electron chi connectivity index (χ0n) is 11.7. The van der Waals surface area contributed by atoms with Gasteiger partial charge < -0.3 is 5.11 Å². The molecule has 0 radical (unpaired) electrons. The van der Waals surface area contributed by atoms with Crippen LogP contribution in [0.1, 0.15) is 42.3 Å². The summed E-state index contributed by atoms with van der Waals surface area (Å²) in [6, 6.07) is 5.55. The number of phenolic OH excluding ortho intramolecular Hbond substituents is 1. The Balaban J connectivity index is 2.75. The predicted octanol–water partition coefficient (Wildman–Crippen LogP) is 4.54. The molecular formula is C16H18O2S. The SMILES string of the molecule is Cc1ccsc1-c1cc(C=O)cc(C(C)(C)C)c1O. The minimum absolute atomic E-state index is 0.205. The number of hydrogen-bond acceptors (Lipinski definition) is 3. The molecule has 2 aromatic rings. The summed E-state index contributed by atoms with van der Waals surface area (Å²) in [6.45, 7) is 8.10. The Bertz CT molecular complexity index is 618. The molecule has 1 aromatic heterocycles. The van der Waals surface area contributed by atoms with Gasteiger partial charge in [0, 0.05) is 21.6 Å². The van der Waals surface area contributed by atoms with Gasteiger partial charge in [0.25, 0.3) is 0 Å². The Kier molecular flexibility index (Phi) is 3.50. The standard InChI is InChI=1S/C16H18O2S/c1-10-5-6-19-15(10)12-7-11(9-17)8-13(14(12)18)16(2,3)4/h5-9,18H,1-4H3. The van der Waals surface area contributed by atoms with Gasteiger partial charge in [-0.1, -0.05) is 20.8 Å². The molecule has 0 amide bonds. The van der Waals surface area contributed by atoms with Crippen LogP contribution in [0.5, 0.6) is 5.75 Å². The van der Waals surface area contributed by atoms with Crippen molar-refractivity contribution in [3.8, 4) is 16.2 Å². The monoisotopic (exact) mass is 274 g/mol. The average molecular weight is 274 g/mol. The molecule has 19 heavy (non-hydrogen) atoms. The summed E-state index contributed by atoms with van der Waals surface area (Å²) in [6.07, 6.45) is 0.834. The average Bonchev–Trinajstić information content (AvgIpc) is 2.74. The molecule has 3 heteroatoms. The first-order chi connectivity index (χ1) is 8.84. The van der Waals surface area contributed by atoms with Crippen LogP contribution in [0, 0.1) is 6.92 Å². The lowest BCUT2D eigenvalue weighted by Gasteiger charge is -2.22. The lowest BCUT2D eigenvalue weighted by molar-refractivity contribution is 0.112. The first-order valence-corrected chi connectivity index (χ1v) is 7.09. The van der Waals surface area contributed by atoms with Gasteiger partial charge in [0.1, 0.15) is 12.0 Å². The summed E-state index contributed by atoms with van der Waals surface area (Å²) in [4.78, 5) is 12.1. The predicted molar refractivity (Wildman–Crippen MR) is 80.2 cm³/mol. The lowest BCUT2D eigenvalue weighted by atomic mass is 9.83. The van der Waals surface area contributed by atoms with Crippen LogP contribution in [0.15, 0.2) is 23.6 Å². The fraction of sp³-hybridized carbons (Fsp3) is 0.312. The number of phenols is 1. The van der Waals surface area contributed by atoms with E-state index in [1.54, 1.807) is 23.5 Å². The van der Waals surface area contributed by atoms with Crippen molar-refractivity contribution in [2.75, 3.05) is 0 Å². The third-order valence-electron chi connectivity index (χ3n) is 3.18. The Morgan fingerprint density at radius 1 is 1.26 bits per heavy atom. The highest BCUT2D eigenvalue weighted by atomic mass is 32.1. The molecular weight excluding hydrogens is 256 g/mol. The van der Waals surface area contributed by atoms with Crippen molar-refractivity contribution in [2.24, 2.45) is 0 Å². The van der Waals surface area contributed by atoms with Crippen LogP contribution in [-0.2, 0) is 5.41 Å². The van der Waals surface area contributed by atoms with Gasteiger partial charge >= 0.3 is 0 Å². The fourth-order valence-corrected chi connectivity index (χ4v) is 3.06. The minimum atomic E-state index is -0.205. The van der Waals surface area contributed by atoms with E-state index in [9.17, 15) is 9.90 Å². The molecule has 0 saturated carbocycles. The van der Waals surface area contributed by atoms with E-state index in [-0.39, 0.29) is 11.2 Å². The van der Waals surface area contributed by atoms with Gasteiger partial charge in [-0.3, -0.25) is 4.79 Å². The molecule has 100 valence electrons. The zero-order chi connectivity index (χ0) is 14.2. The lowest BCUT2D eigenvalue weighted by Crippen LogP contribution is -2.12. The van der Waals surface area contributed by atoms with Crippen LogP contribution in [0.25, 0.3) is 10.4 Å². The molecule has 1 aromatic carbocycles. The summed E-state index contributed by atoms with van der Waals surface area (Å²) in [5.74, 6) is 0.281. The van der Waals surface area contributed by atoms with Crippen molar-refractivity contribution in [3.05, 3.63) is 40.3 Å². The Morgan fingerprint density at radius 3 is 2.42 bits per heavy atom. The highest BCUT2D eigenvalue weighted by Crippen LogP contribution is 2.42. The van der Waals surface area contributed by atoms with E-state index in [2.05, 4.69) is 0 Å². The number of carbonyl (C=O) groups is 1. The second kappa shape index (κ2) is 4.82. The number of hydrogen-bond donors (Lipinski definition) is 1. The van der Waals surface area contributed by atoms with Crippen molar-refractivity contribution in [1.29, 1.82) is 0 Å². The van der Waals surface area contributed by atoms with Crippen molar-refractivity contribution in [1.82, 2.24) is 0 Å². The highest BCUT2D eigenvalue weighted by Gasteiger charge is 2.22. The van der Waals surface area contributed by atoms with Crippen molar-refractivity contribution < 1.29 is 9.90 Å². The topological polar surface area (TPSA) is 37.3 Å². The quantitative estimate of drug-likeness (QED) is 0.816. The van der Waals surface area contributed by atoms with Crippen molar-refractivity contribution in [3.63, 3.8) is 0 Å². The summed E-state index contributed by atoms with van der Waals surface area (Å²) in [5.41, 5.74) is 3.07. The van der Waals surface area contributed by atoms with Gasteiger partial charge in [0.15, 0.2) is 0 Å². The van der Waals surface area contributed by atoms with Gasteiger partial charge in [-0.05, 0) is 41.5 Å². The first kappa shape index (κ1) is 13.8. The van der Waals surface area contributed by atoms with Gasteiger partial charge in [-0.15, -0.1) is 11.3 Å². The molecule has 2 rings (SSSR count). The molecule has 0 atom stereocenters. The molecule has 0 saturated heterocycles. The number of aryl methyl sites for hydroxylation is 1. The van der Waals surface area contributed by atoms with E-state index in [0.29, 0.717) is 5.56 Å². The molecule has 1 heterocycles. The molecule has 0 aliphatic carbocycles. The number of aldehydes is 1. The Morgan fingerprint density at radius 2 is 1.95 bits per heavy atom. The third-order valence-corrected chi connectivity index (χ3v) is 4.23. The van der Waals surface area contributed by atoms with Gasteiger partial charge in [-0.2, -0.15) is 0 Å². The maximum Gasteiger partial charge on any atom is 0.150 e. The van der Waals surface area contributed by atoms with E-state index >= 15 is 0 Å². The zero-order valence-corrected chi connectivity index (χ0v) is 12.5. The number of aromatic hydroxyl groups is 1. The number of carbonyl (C=O) groups excluding carboxylic acids is 1. The normalized spacial score (nSPS) is 11.6. The summed E-state index contributed by atoms with van der Waals surface area (Å²) < 4.78 is 0. The minimum Gasteiger partial charge on any atom is -0.507 e. The molecule has 0 aliphatic rings. The largest absolute Gasteiger partial charge is 0.507 e. The van der Waals surface area contributed by atoms with Crippen LogP contribution in [0.4, 0.5) is 0 Å². The number of thiophene rings is 1. The molecule has 0 fully saturated rings. The van der Waals surface area contributed by atoms with Gasteiger partial charge in [0.2, 0.25) is 0 Å². The van der Waals surface area contributed by atoms with Gasteiger partial charge in [-0.25, -0.2) is 0 Å². The molecule has 0 unspecified atom stereocenters. The number of rotatable bonds is 2. The van der Waals surface area contributed by atoms with Gasteiger partial charge in [0.05, 0.1) is 0 Å². The summed E-state index contributed by atoms with van der Waals surface area (Å²) in [5, 5.41) is 12.5. The van der Waals surface area contributed by atoms with Crippen LogP contribution in [0.2, 0.25) is 0 Å². The van der Waals surface area contributed by atoms with Crippen molar-refractivity contribution in [2.45, 2.75) is 33.1 Å². The second-order valence-corrected chi connectivity index (χ2v) is 6.68. The van der Waals surface area contributed by atoms with E-state index in [4.69, 9.17) is 0 Å². The van der Waals surface area contributed by atoms with Crippen molar-refractivity contribution >= 4 is 17.6 Å². The number of benzene rings is 1. The molecule has 1 N–H and O–H groups in total. The van der Waals surface area contributed by atoms with Crippen LogP contribution < -0.4 is 0 Å².